The Morgan fingerprint density at radius 2 is 0.743 bits per heavy atom. The number of alkyl halides is 24. The minimum Gasteiger partial charge on any atom is -0.344 e. The molecule has 27 nitrogen and oxygen atoms in total. The molecule has 3 aromatic carbocycles. The van der Waals surface area contributed by atoms with Crippen LogP contribution in [0.2, 0.25) is 5.02 Å². The first-order valence-corrected chi connectivity index (χ1v) is 51.5. The highest BCUT2D eigenvalue weighted by molar-refractivity contribution is 7.92. The molecular weight excluding hydrogens is 2220 g/mol. The minimum atomic E-state index is -4.85. The second kappa shape index (κ2) is 44.2. The van der Waals surface area contributed by atoms with E-state index < -0.39 is 136 Å². The maximum Gasteiger partial charge on any atom is 0.435 e. The maximum absolute atomic E-state index is 13.4. The van der Waals surface area contributed by atoms with Crippen LogP contribution in [0.1, 0.15) is 100.0 Å². The predicted octanol–water partition coefficient (Wildman–Crippen LogP) is 23.3. The van der Waals surface area contributed by atoms with Gasteiger partial charge in [-0.05, 0) is 189 Å². The Morgan fingerprint density at radius 3 is 1.15 bits per heavy atom. The Bertz CT molecular complexity index is 7680. The van der Waals surface area contributed by atoms with Gasteiger partial charge in [-0.2, -0.15) is 136 Å². The van der Waals surface area contributed by atoms with E-state index >= 15 is 0 Å². The summed E-state index contributed by atoms with van der Waals surface area (Å²) in [6, 6.07) is 37.0. The van der Waals surface area contributed by atoms with Crippen molar-refractivity contribution in [1.82, 2.24) is 77.9 Å². The van der Waals surface area contributed by atoms with Gasteiger partial charge in [0.05, 0.1) is 94.2 Å². The highest BCUT2D eigenvalue weighted by atomic mass is 35.5. The summed E-state index contributed by atoms with van der Waals surface area (Å²) in [5.41, 5.74) is -8.35. The van der Waals surface area contributed by atoms with Crippen LogP contribution in [0.25, 0.3) is 74.8 Å². The van der Waals surface area contributed by atoms with Gasteiger partial charge >= 0.3 is 49.4 Å². The second-order valence-electron chi connectivity index (χ2n) is 32.2. The molecule has 794 valence electrons. The fraction of sp³-hybridized carbons (Fsp3) is 0.276. The molecule has 3 amide bonds. The summed E-state index contributed by atoms with van der Waals surface area (Å²) >= 11 is 11.4. The molecule has 61 heteroatoms. The number of aryl methyl sites for hydroxylation is 4. The summed E-state index contributed by atoms with van der Waals surface area (Å²) < 4.78 is 392. The van der Waals surface area contributed by atoms with Gasteiger partial charge in [0, 0.05) is 69.5 Å². The van der Waals surface area contributed by atoms with Crippen LogP contribution in [0.4, 0.5) is 111 Å². The van der Waals surface area contributed by atoms with E-state index in [2.05, 4.69) is 45.4 Å². The number of nitrogens with one attached hydrogen (secondary N) is 3. The molecule has 17 rings (SSSR count). The number of thiophene rings is 6. The summed E-state index contributed by atoms with van der Waals surface area (Å²) in [4.78, 5) is 41.9. The van der Waals surface area contributed by atoms with Gasteiger partial charge in [-0.3, -0.25) is 33.1 Å². The SMILES string of the molecule is CN(C)C(=O)c1ccc(-c2cc(C(F)(F)F)nn2-c2cccc(C(F)(F)F)c2)s1.CN(C)C(=O)c1ccc(-c2cc(C(F)(F)F)nn2-c2ccccc2C(F)(F)F)s1.Cn1nc(-c2ccc(C(=O)Nc3ccccc3Cl)s2)cc1C(F)(F)F.Cn1nc(-c2ccc(S(=O)(=O)NCC3CC3)s2)cc1C(F)(F)F.Cn1nc(-c2ccc(S(N)(=O)=O)s2)cc1C(F)(F)F.Cn1nc(C(F)(F)F)cc1-c1ccc(S(=O)(=O)NCC2CC2)s1. The Morgan fingerprint density at radius 1 is 0.378 bits per heavy atom. The molecule has 0 bridgehead atoms. The second-order valence-corrected chi connectivity index (χ2v) is 44.9. The molecule has 2 saturated carbocycles. The highest BCUT2D eigenvalue weighted by Gasteiger charge is 2.44. The van der Waals surface area contributed by atoms with Gasteiger partial charge < -0.3 is 15.1 Å². The van der Waals surface area contributed by atoms with E-state index in [1.807, 2.05) is 0 Å². The first-order valence-electron chi connectivity index (χ1n) is 41.7. The number of carbonyl (C=O) groups excluding carboxylic acids is 3. The number of nitrogens with two attached hydrogens (primary N) is 1. The monoisotopic (exact) mass is 2290 g/mol. The number of hydrogen-bond acceptors (Lipinski definition) is 21. The van der Waals surface area contributed by atoms with E-state index in [0.29, 0.717) is 75.5 Å². The molecule has 5 N–H and O–H groups in total. The van der Waals surface area contributed by atoms with Gasteiger partial charge in [-0.15, -0.1) is 68.0 Å². The van der Waals surface area contributed by atoms with Crippen LogP contribution in [-0.2, 0) is 108 Å². The number of benzene rings is 3. The fourth-order valence-corrected chi connectivity index (χ4v) is 22.6. The number of nitrogens with zero attached hydrogens (tertiary/aromatic N) is 14. The average molecular weight is 2290 g/mol. The van der Waals surface area contributed by atoms with Crippen LogP contribution in [0.5, 0.6) is 0 Å². The van der Waals surface area contributed by atoms with Gasteiger partial charge in [-0.25, -0.2) is 49.2 Å². The zero-order valence-corrected chi connectivity index (χ0v) is 84.5. The predicted molar refractivity (Wildman–Crippen MR) is 502 cm³/mol. The zero-order chi connectivity index (χ0) is 109. The van der Waals surface area contributed by atoms with E-state index in [0.717, 1.165) is 179 Å². The van der Waals surface area contributed by atoms with Crippen LogP contribution in [0, 0.1) is 11.8 Å². The lowest BCUT2D eigenvalue weighted by atomic mass is 10.1. The summed E-state index contributed by atoms with van der Waals surface area (Å²) in [5.74, 6) is -0.317. The topological polar surface area (TPSA) is 329 Å². The Kier molecular flexibility index (Phi) is 34.2. The van der Waals surface area contributed by atoms with Crippen LogP contribution in [0.15, 0.2) is 195 Å². The largest absolute Gasteiger partial charge is 0.435 e. The minimum absolute atomic E-state index is 0.0507. The van der Waals surface area contributed by atoms with Crippen molar-refractivity contribution in [3.8, 4) is 74.8 Å². The lowest BCUT2D eigenvalue weighted by molar-refractivity contribution is -0.144. The van der Waals surface area contributed by atoms with Crippen molar-refractivity contribution in [3.63, 3.8) is 0 Å². The summed E-state index contributed by atoms with van der Waals surface area (Å²) in [5, 5.41) is 29.7. The van der Waals surface area contributed by atoms with Crippen LogP contribution in [-0.4, -0.2) is 153 Å². The Labute approximate surface area is 851 Å². The summed E-state index contributed by atoms with van der Waals surface area (Å²) in [6.45, 7) is 0.802. The van der Waals surface area contributed by atoms with E-state index in [4.69, 9.17) is 16.7 Å². The highest BCUT2D eigenvalue weighted by Crippen LogP contribution is 2.46. The molecule has 0 atom stereocenters. The molecule has 12 aromatic heterocycles. The number of amides is 3. The lowest BCUT2D eigenvalue weighted by Crippen LogP contribution is -2.25. The van der Waals surface area contributed by atoms with Gasteiger partial charge in [-0.1, -0.05) is 41.9 Å². The van der Waals surface area contributed by atoms with Crippen molar-refractivity contribution >= 4 is 133 Å². The smallest absolute Gasteiger partial charge is 0.344 e. The third-order valence-corrected chi connectivity index (χ3v) is 32.7. The van der Waals surface area contributed by atoms with Crippen molar-refractivity contribution in [1.29, 1.82) is 0 Å². The molecule has 0 saturated heterocycles. The molecule has 2 fully saturated rings. The zero-order valence-electron chi connectivity index (χ0n) is 76.4. The van der Waals surface area contributed by atoms with Crippen molar-refractivity contribution in [2.24, 2.45) is 45.2 Å². The van der Waals surface area contributed by atoms with Crippen molar-refractivity contribution < 1.29 is 145 Å². The fourth-order valence-electron chi connectivity index (χ4n) is 12.9. The number of anilines is 1. The maximum atomic E-state index is 13.4. The molecule has 0 aliphatic heterocycles. The van der Waals surface area contributed by atoms with Crippen molar-refractivity contribution in [2.75, 3.05) is 46.6 Å². The molecular formula is C87H73ClF24N18O9S9. The number of halogens is 25. The van der Waals surface area contributed by atoms with Gasteiger partial charge in [0.2, 0.25) is 30.1 Å². The van der Waals surface area contributed by atoms with Gasteiger partial charge in [0.25, 0.3) is 17.7 Å². The van der Waals surface area contributed by atoms with Crippen LogP contribution < -0.4 is 19.9 Å². The van der Waals surface area contributed by atoms with Crippen LogP contribution >= 0.6 is 79.6 Å². The van der Waals surface area contributed by atoms with E-state index in [-0.39, 0.29) is 83.8 Å². The molecule has 2 aliphatic rings. The first-order chi connectivity index (χ1) is 68.4. The quantitative estimate of drug-likeness (QED) is 0.0486. The average Bonchev–Trinajstić information content (AvgIpc) is 1.59. The molecule has 2 aliphatic carbocycles. The number of sulfonamides is 3. The van der Waals surface area contributed by atoms with E-state index in [1.54, 1.807) is 30.3 Å². The number of para-hydroxylation sites is 2. The van der Waals surface area contributed by atoms with Crippen LogP contribution in [0.3, 0.4) is 0 Å². The van der Waals surface area contributed by atoms with Crippen molar-refractivity contribution in [2.45, 2.75) is 87.7 Å². The molecule has 0 radical (unpaired) electrons. The molecule has 0 unspecified atom stereocenters. The van der Waals surface area contributed by atoms with Gasteiger partial charge in [0.1, 0.15) is 46.8 Å². The Balaban J connectivity index is 0.000000158. The molecule has 0 spiro atoms. The third kappa shape index (κ3) is 28.9. The summed E-state index contributed by atoms with van der Waals surface area (Å²) in [7, 11) is -0.0499. The van der Waals surface area contributed by atoms with E-state index in [9.17, 15) is 145 Å². The number of rotatable bonds is 21. The standard InChI is InChI=1S/2C18H13F6N3OS.C16H11ClF3N3OS.2C13H14F3N3O2S2.C9H8F3N3O2S2/c1-26(2)16(28)14-7-6-13(29-14)12-9-15(18(22,23)24)25-27(12)11-5-3-4-10(8-11)17(19,20)21;1-26(2)16(28)14-8-7-13(29-14)12-9-15(18(22,23)24)25-27(12)11-6-4-3-5-10(11)17(19,20)21;1-23-14(16(18,19)20)8-11(22-23)12-6-7-13(25-12)15(24)21-10-5-3-2-4-9(10)17;1-19-9(6-11(18-19)13(14,15)16)10-4-5-12(22-10)23(20,21)17-7-8-2-3-8;1-19-11(13(14,15)16)6-9(18-19)10-4-5-12(22-10)23(20,21)17-7-8-2-3-8;1-15-7(9(10,11)12)4-5(14-15)6-2-3-8(18-6)19(13,16)17/h2*3-9H,1-2H3;2-8H,1H3,(H,21,24);2*4-6,8,17H,2-3,7H2,1H3;2-4H,1H3,(H2,13,16,17). The molecule has 15 aromatic rings. The number of aromatic nitrogens is 12. The summed E-state index contributed by atoms with van der Waals surface area (Å²) in [6.07, 6.45) is -33.1. The van der Waals surface area contributed by atoms with Crippen molar-refractivity contribution in [3.05, 3.63) is 247 Å². The third-order valence-electron chi connectivity index (χ3n) is 20.5. The first kappa shape index (κ1) is 115. The lowest BCUT2D eigenvalue weighted by Gasteiger charge is -2.14. The molecule has 12 heterocycles. The van der Waals surface area contributed by atoms with Gasteiger partial charge in [0.15, 0.2) is 17.1 Å². The number of carbonyl (C=O) groups is 3. The van der Waals surface area contributed by atoms with E-state index in [1.165, 1.54) is 145 Å². The number of hydrogen-bond donors (Lipinski definition) is 4. The Hall–Kier alpha value is -12.1. The normalized spacial score (nSPS) is 13.4. The number of primary sulfonamides is 1. The molecule has 148 heavy (non-hydrogen) atoms.